The average Bonchev–Trinajstić information content (AvgIpc) is 2.41. The first-order chi connectivity index (χ1) is 9.06. The average molecular weight is 284 g/mol. The number of aliphatic carboxylic acids is 1. The highest BCUT2D eigenvalue weighted by Crippen LogP contribution is 2.10. The van der Waals surface area contributed by atoms with E-state index in [1.165, 1.54) is 5.56 Å². The molecule has 106 valence electrons. The Bertz CT molecular complexity index is 402. The fraction of sp³-hybridized carbons (Fsp3) is 0.400. The van der Waals surface area contributed by atoms with Crippen molar-refractivity contribution >= 4 is 17.6 Å². The summed E-state index contributed by atoms with van der Waals surface area (Å²) in [6, 6.07) is 9.96. The monoisotopic (exact) mass is 283 g/mol. The van der Waals surface area contributed by atoms with E-state index in [9.17, 15) is 4.79 Å². The molecule has 3 N–H and O–H groups in total. The van der Waals surface area contributed by atoms with Crippen molar-refractivity contribution < 1.29 is 9.90 Å². The quantitative estimate of drug-likeness (QED) is 0.641. The molecule has 0 bridgehead atoms. The topological polar surface area (TPSA) is 63.3 Å². The summed E-state index contributed by atoms with van der Waals surface area (Å²) >= 11 is 5.53. The zero-order valence-electron chi connectivity index (χ0n) is 11.5. The summed E-state index contributed by atoms with van der Waals surface area (Å²) in [5.41, 5.74) is 7.86. The standard InChI is InChI=1S/C8H15NO2.C7H7Cl/c1-3-7(8(10)11)6(2)4-5-9;8-6-7-4-2-1-3-5-7/h3-5,9H2,1-2H3,(H,10,11);1-5H,6H2. The largest absolute Gasteiger partial charge is 0.478 e. The Morgan fingerprint density at radius 3 is 2.21 bits per heavy atom. The number of hydrogen-bond donors (Lipinski definition) is 2. The Balaban J connectivity index is 0.000000356. The van der Waals surface area contributed by atoms with E-state index < -0.39 is 5.97 Å². The highest BCUT2D eigenvalue weighted by Gasteiger charge is 2.07. The molecule has 0 aliphatic heterocycles. The van der Waals surface area contributed by atoms with Gasteiger partial charge in [0.15, 0.2) is 0 Å². The summed E-state index contributed by atoms with van der Waals surface area (Å²) in [5, 5.41) is 8.67. The molecule has 0 aliphatic rings. The Labute approximate surface area is 120 Å². The highest BCUT2D eigenvalue weighted by molar-refractivity contribution is 6.17. The van der Waals surface area contributed by atoms with Crippen molar-refractivity contribution in [1.82, 2.24) is 0 Å². The van der Waals surface area contributed by atoms with Gasteiger partial charge in [0.2, 0.25) is 0 Å². The van der Waals surface area contributed by atoms with E-state index in [0.717, 1.165) is 5.57 Å². The fourth-order valence-electron chi connectivity index (χ4n) is 1.57. The Morgan fingerprint density at radius 1 is 1.32 bits per heavy atom. The predicted octanol–water partition coefficient (Wildman–Crippen LogP) is 3.57. The molecule has 0 fully saturated rings. The molecule has 0 aliphatic carbocycles. The van der Waals surface area contributed by atoms with Crippen LogP contribution < -0.4 is 5.73 Å². The van der Waals surface area contributed by atoms with Crippen molar-refractivity contribution in [3.05, 3.63) is 47.0 Å². The molecule has 0 atom stereocenters. The number of hydrogen-bond acceptors (Lipinski definition) is 2. The molecule has 0 saturated heterocycles. The van der Waals surface area contributed by atoms with Crippen LogP contribution in [0.5, 0.6) is 0 Å². The van der Waals surface area contributed by atoms with E-state index in [4.69, 9.17) is 22.4 Å². The zero-order chi connectivity index (χ0) is 14.7. The van der Waals surface area contributed by atoms with Gasteiger partial charge < -0.3 is 10.8 Å². The summed E-state index contributed by atoms with van der Waals surface area (Å²) < 4.78 is 0. The maximum atomic E-state index is 10.5. The first-order valence-corrected chi connectivity index (χ1v) is 6.82. The number of carbonyl (C=O) groups is 1. The van der Waals surface area contributed by atoms with Crippen molar-refractivity contribution in [1.29, 1.82) is 0 Å². The molecule has 0 amide bonds. The van der Waals surface area contributed by atoms with Gasteiger partial charge in [0, 0.05) is 11.5 Å². The minimum absolute atomic E-state index is 0.496. The van der Waals surface area contributed by atoms with Crippen molar-refractivity contribution in [3.63, 3.8) is 0 Å². The molecule has 0 aromatic heterocycles. The SMILES string of the molecule is CCC(C(=O)O)=C(C)CCN.ClCc1ccccc1. The van der Waals surface area contributed by atoms with Gasteiger partial charge in [-0.1, -0.05) is 42.8 Å². The van der Waals surface area contributed by atoms with Gasteiger partial charge in [0.05, 0.1) is 0 Å². The summed E-state index contributed by atoms with van der Waals surface area (Å²) in [6.45, 7) is 4.17. The van der Waals surface area contributed by atoms with Crippen LogP contribution in [0.2, 0.25) is 0 Å². The van der Waals surface area contributed by atoms with E-state index in [1.54, 1.807) is 0 Å². The van der Waals surface area contributed by atoms with Crippen LogP contribution in [0.3, 0.4) is 0 Å². The van der Waals surface area contributed by atoms with Crippen molar-refractivity contribution in [2.45, 2.75) is 32.6 Å². The maximum Gasteiger partial charge on any atom is 0.331 e. The molecule has 1 aromatic carbocycles. The highest BCUT2D eigenvalue weighted by atomic mass is 35.5. The smallest absolute Gasteiger partial charge is 0.331 e. The summed E-state index contributed by atoms with van der Waals surface area (Å²) in [7, 11) is 0. The molecule has 1 aromatic rings. The molecule has 3 nitrogen and oxygen atoms in total. The number of alkyl halides is 1. The molecule has 0 saturated carbocycles. The van der Waals surface area contributed by atoms with Gasteiger partial charge in [-0.15, -0.1) is 11.6 Å². The molecule has 0 radical (unpaired) electrons. The van der Waals surface area contributed by atoms with Crippen LogP contribution in [0, 0.1) is 0 Å². The van der Waals surface area contributed by atoms with Gasteiger partial charge in [-0.25, -0.2) is 4.79 Å². The van der Waals surface area contributed by atoms with Crippen molar-refractivity contribution in [2.24, 2.45) is 5.73 Å². The van der Waals surface area contributed by atoms with Crippen LogP contribution in [0.25, 0.3) is 0 Å². The fourth-order valence-corrected chi connectivity index (χ4v) is 1.75. The lowest BCUT2D eigenvalue weighted by Crippen LogP contribution is -2.06. The number of carboxylic acids is 1. The van der Waals surface area contributed by atoms with Gasteiger partial charge in [0.1, 0.15) is 0 Å². The molecule has 0 spiro atoms. The lowest BCUT2D eigenvalue weighted by atomic mass is 10.1. The molecule has 0 heterocycles. The number of carboxylic acid groups (broad SMARTS) is 1. The van der Waals surface area contributed by atoms with Gasteiger partial charge in [-0.05, 0) is 31.9 Å². The van der Waals surface area contributed by atoms with E-state index >= 15 is 0 Å². The second kappa shape index (κ2) is 10.6. The minimum Gasteiger partial charge on any atom is -0.478 e. The maximum absolute atomic E-state index is 10.5. The van der Waals surface area contributed by atoms with Gasteiger partial charge in [-0.3, -0.25) is 0 Å². The molecule has 0 unspecified atom stereocenters. The Morgan fingerprint density at radius 2 is 1.89 bits per heavy atom. The molecule has 19 heavy (non-hydrogen) atoms. The third-order valence-electron chi connectivity index (χ3n) is 2.64. The van der Waals surface area contributed by atoms with Gasteiger partial charge in [0.25, 0.3) is 0 Å². The van der Waals surface area contributed by atoms with Crippen LogP contribution in [0.4, 0.5) is 0 Å². The number of rotatable bonds is 5. The molecule has 1 rings (SSSR count). The summed E-state index contributed by atoms with van der Waals surface area (Å²) in [4.78, 5) is 10.5. The predicted molar refractivity (Wildman–Crippen MR) is 80.3 cm³/mol. The van der Waals surface area contributed by atoms with Crippen LogP contribution in [0.1, 0.15) is 32.3 Å². The molecular formula is C15H22ClNO2. The first kappa shape index (κ1) is 17.7. The van der Waals surface area contributed by atoms with E-state index in [-0.39, 0.29) is 0 Å². The zero-order valence-corrected chi connectivity index (χ0v) is 12.3. The van der Waals surface area contributed by atoms with Crippen LogP contribution >= 0.6 is 11.6 Å². The van der Waals surface area contributed by atoms with Crippen molar-refractivity contribution in [2.75, 3.05) is 6.54 Å². The second-order valence-electron chi connectivity index (χ2n) is 4.08. The normalized spacial score (nSPS) is 11.2. The number of benzene rings is 1. The first-order valence-electron chi connectivity index (χ1n) is 6.28. The summed E-state index contributed by atoms with van der Waals surface area (Å²) in [6.07, 6.45) is 1.25. The Kier molecular flexibility index (Phi) is 9.85. The minimum atomic E-state index is -0.821. The van der Waals surface area contributed by atoms with E-state index in [1.807, 2.05) is 44.2 Å². The lowest BCUT2D eigenvalue weighted by Gasteiger charge is -2.03. The van der Waals surface area contributed by atoms with Gasteiger partial charge >= 0.3 is 5.97 Å². The van der Waals surface area contributed by atoms with Crippen LogP contribution in [-0.2, 0) is 10.7 Å². The van der Waals surface area contributed by atoms with Crippen LogP contribution in [0.15, 0.2) is 41.5 Å². The van der Waals surface area contributed by atoms with Gasteiger partial charge in [-0.2, -0.15) is 0 Å². The summed E-state index contributed by atoms with van der Waals surface area (Å²) in [5.74, 6) is -0.209. The third kappa shape index (κ3) is 7.65. The second-order valence-corrected chi connectivity index (χ2v) is 4.34. The van der Waals surface area contributed by atoms with E-state index in [0.29, 0.717) is 30.8 Å². The van der Waals surface area contributed by atoms with E-state index in [2.05, 4.69) is 0 Å². The number of halogens is 1. The Hall–Kier alpha value is -1.32. The molecular weight excluding hydrogens is 262 g/mol. The van der Waals surface area contributed by atoms with Crippen LogP contribution in [-0.4, -0.2) is 17.6 Å². The van der Waals surface area contributed by atoms with Crippen molar-refractivity contribution in [3.8, 4) is 0 Å². The number of nitrogens with two attached hydrogens (primary N) is 1. The third-order valence-corrected chi connectivity index (χ3v) is 2.95. The molecule has 4 heteroatoms. The lowest BCUT2D eigenvalue weighted by molar-refractivity contribution is -0.132.